The number of likely N-dealkylation sites (tertiary alicyclic amines) is 1. The maximum atomic E-state index is 10.3. The molecule has 1 aromatic carbocycles. The van der Waals surface area contributed by atoms with Crippen LogP contribution >= 0.6 is 0 Å². The topological polar surface area (TPSA) is 32.7 Å². The van der Waals surface area contributed by atoms with Crippen LogP contribution in [-0.4, -0.2) is 29.7 Å². The fraction of sp³-hybridized carbons (Fsp3) is 0.667. The Morgan fingerprint density at radius 2 is 1.95 bits per heavy atom. The lowest BCUT2D eigenvalue weighted by Gasteiger charge is -2.47. The smallest absolute Gasteiger partial charge is 0.124 e. The van der Waals surface area contributed by atoms with Gasteiger partial charge in [0.05, 0.1) is 7.11 Å². The summed E-state index contributed by atoms with van der Waals surface area (Å²) >= 11 is 0. The molecule has 1 saturated carbocycles. The van der Waals surface area contributed by atoms with Crippen molar-refractivity contribution in [3.05, 3.63) is 23.8 Å². The first-order valence-corrected chi connectivity index (χ1v) is 8.33. The quantitative estimate of drug-likeness (QED) is 0.908. The van der Waals surface area contributed by atoms with Gasteiger partial charge in [0.25, 0.3) is 0 Å². The summed E-state index contributed by atoms with van der Waals surface area (Å²) < 4.78 is 5.19. The van der Waals surface area contributed by atoms with E-state index in [0.717, 1.165) is 23.8 Å². The monoisotopic (exact) mass is 289 g/mol. The van der Waals surface area contributed by atoms with Crippen LogP contribution in [0.25, 0.3) is 0 Å². The number of benzene rings is 1. The maximum Gasteiger partial charge on any atom is 0.124 e. The van der Waals surface area contributed by atoms with Gasteiger partial charge in [-0.1, -0.05) is 18.9 Å². The number of piperidine rings is 1. The predicted octanol–water partition coefficient (Wildman–Crippen LogP) is 4.12. The SMILES string of the molecule is COc1ccc(C(C)N2CCCC3CCCCC32)c(O)c1. The van der Waals surface area contributed by atoms with Gasteiger partial charge in [0.2, 0.25) is 0 Å². The van der Waals surface area contributed by atoms with Gasteiger partial charge >= 0.3 is 0 Å². The fourth-order valence-corrected chi connectivity index (χ4v) is 4.33. The van der Waals surface area contributed by atoms with Crippen LogP contribution in [0.2, 0.25) is 0 Å². The van der Waals surface area contributed by atoms with Crippen molar-refractivity contribution >= 4 is 0 Å². The third-order valence-corrected chi connectivity index (χ3v) is 5.47. The first-order chi connectivity index (χ1) is 10.2. The fourth-order valence-electron chi connectivity index (χ4n) is 4.33. The zero-order valence-corrected chi connectivity index (χ0v) is 13.2. The van der Waals surface area contributed by atoms with Gasteiger partial charge in [-0.15, -0.1) is 0 Å². The van der Waals surface area contributed by atoms with Gasteiger partial charge in [0.1, 0.15) is 11.5 Å². The molecule has 1 heterocycles. The van der Waals surface area contributed by atoms with Crippen LogP contribution < -0.4 is 4.74 Å². The Bertz CT molecular complexity index is 486. The number of hydrogen-bond acceptors (Lipinski definition) is 3. The second kappa shape index (κ2) is 6.27. The van der Waals surface area contributed by atoms with Crippen LogP contribution in [0, 0.1) is 5.92 Å². The molecule has 0 spiro atoms. The number of rotatable bonds is 3. The molecule has 21 heavy (non-hydrogen) atoms. The molecule has 3 nitrogen and oxygen atoms in total. The van der Waals surface area contributed by atoms with E-state index < -0.39 is 0 Å². The summed E-state index contributed by atoms with van der Waals surface area (Å²) in [6.45, 7) is 3.40. The molecule has 3 rings (SSSR count). The summed E-state index contributed by atoms with van der Waals surface area (Å²) in [7, 11) is 1.63. The highest BCUT2D eigenvalue weighted by molar-refractivity contribution is 5.41. The van der Waals surface area contributed by atoms with Gasteiger partial charge in [-0.3, -0.25) is 4.90 Å². The minimum atomic E-state index is 0.279. The van der Waals surface area contributed by atoms with Gasteiger partial charge in [-0.25, -0.2) is 0 Å². The number of ether oxygens (including phenoxy) is 1. The van der Waals surface area contributed by atoms with Crippen LogP contribution in [0.4, 0.5) is 0 Å². The van der Waals surface area contributed by atoms with E-state index in [9.17, 15) is 5.11 Å². The van der Waals surface area contributed by atoms with E-state index in [1.54, 1.807) is 13.2 Å². The third-order valence-electron chi connectivity index (χ3n) is 5.47. The largest absolute Gasteiger partial charge is 0.507 e. The summed E-state index contributed by atoms with van der Waals surface area (Å²) in [6, 6.07) is 6.69. The number of fused-ring (bicyclic) bond motifs is 1. The van der Waals surface area contributed by atoms with Crippen LogP contribution in [-0.2, 0) is 0 Å². The number of aromatic hydroxyl groups is 1. The maximum absolute atomic E-state index is 10.3. The van der Waals surface area contributed by atoms with Crippen LogP contribution in [0.3, 0.4) is 0 Å². The van der Waals surface area contributed by atoms with Gasteiger partial charge in [0.15, 0.2) is 0 Å². The highest BCUT2D eigenvalue weighted by Crippen LogP contribution is 2.41. The van der Waals surface area contributed by atoms with E-state index in [0.29, 0.717) is 11.8 Å². The average molecular weight is 289 g/mol. The molecule has 1 aliphatic heterocycles. The number of hydrogen-bond donors (Lipinski definition) is 1. The number of nitrogens with zero attached hydrogens (tertiary/aromatic N) is 1. The highest BCUT2D eigenvalue weighted by Gasteiger charge is 2.36. The number of methoxy groups -OCH3 is 1. The number of phenolic OH excluding ortho intramolecular Hbond substituents is 1. The minimum Gasteiger partial charge on any atom is -0.507 e. The lowest BCUT2D eigenvalue weighted by Crippen LogP contribution is -2.47. The molecule has 1 saturated heterocycles. The second-order valence-electron chi connectivity index (χ2n) is 6.59. The normalized spacial score (nSPS) is 27.9. The van der Waals surface area contributed by atoms with E-state index in [-0.39, 0.29) is 6.04 Å². The Kier molecular flexibility index (Phi) is 4.39. The number of phenols is 1. The molecule has 2 fully saturated rings. The Labute approximate surface area is 127 Å². The van der Waals surface area contributed by atoms with Crippen molar-refractivity contribution in [3.8, 4) is 11.5 Å². The summed E-state index contributed by atoms with van der Waals surface area (Å²) in [4.78, 5) is 2.63. The van der Waals surface area contributed by atoms with Crippen LogP contribution in [0.15, 0.2) is 18.2 Å². The molecule has 0 amide bonds. The standard InChI is InChI=1S/C18H27NO2/c1-13(16-10-9-15(21-2)12-18(16)20)19-11-5-7-14-6-3-4-8-17(14)19/h9-10,12-14,17,20H,3-8,11H2,1-2H3. The molecule has 1 aliphatic carbocycles. The first kappa shape index (κ1) is 14.7. The lowest BCUT2D eigenvalue weighted by atomic mass is 9.77. The molecule has 0 bridgehead atoms. The third kappa shape index (κ3) is 2.89. The zero-order valence-electron chi connectivity index (χ0n) is 13.2. The van der Waals surface area contributed by atoms with Crippen molar-refractivity contribution in [3.63, 3.8) is 0 Å². The molecule has 2 aliphatic rings. The van der Waals surface area contributed by atoms with Crippen molar-refractivity contribution in [2.75, 3.05) is 13.7 Å². The van der Waals surface area contributed by atoms with E-state index in [1.807, 2.05) is 12.1 Å². The molecule has 3 atom stereocenters. The molecule has 1 N–H and O–H groups in total. The Morgan fingerprint density at radius 1 is 1.19 bits per heavy atom. The Balaban J connectivity index is 1.81. The van der Waals surface area contributed by atoms with Crippen LogP contribution in [0.5, 0.6) is 11.5 Å². The lowest BCUT2D eigenvalue weighted by molar-refractivity contribution is 0.0301. The summed E-state index contributed by atoms with van der Waals surface area (Å²) in [5, 5.41) is 10.3. The van der Waals surface area contributed by atoms with Crippen LogP contribution in [0.1, 0.15) is 57.1 Å². The second-order valence-corrected chi connectivity index (χ2v) is 6.59. The average Bonchev–Trinajstić information content (AvgIpc) is 2.53. The zero-order chi connectivity index (χ0) is 14.8. The molecule has 0 aromatic heterocycles. The molecule has 116 valence electrons. The predicted molar refractivity (Wildman–Crippen MR) is 84.8 cm³/mol. The Hall–Kier alpha value is -1.22. The molecule has 3 unspecified atom stereocenters. The molecule has 0 radical (unpaired) electrons. The first-order valence-electron chi connectivity index (χ1n) is 8.33. The van der Waals surface area contributed by atoms with E-state index in [4.69, 9.17) is 4.74 Å². The van der Waals surface area contributed by atoms with Crippen molar-refractivity contribution in [1.82, 2.24) is 4.90 Å². The molecule has 3 heteroatoms. The van der Waals surface area contributed by atoms with E-state index in [1.165, 1.54) is 38.5 Å². The molecular weight excluding hydrogens is 262 g/mol. The van der Waals surface area contributed by atoms with E-state index in [2.05, 4.69) is 11.8 Å². The summed E-state index contributed by atoms with van der Waals surface area (Å²) in [6.07, 6.45) is 8.16. The summed E-state index contributed by atoms with van der Waals surface area (Å²) in [5.74, 6) is 1.95. The van der Waals surface area contributed by atoms with Crippen molar-refractivity contribution < 1.29 is 9.84 Å². The van der Waals surface area contributed by atoms with Gasteiger partial charge < -0.3 is 9.84 Å². The minimum absolute atomic E-state index is 0.279. The molecular formula is C18H27NO2. The van der Waals surface area contributed by atoms with E-state index >= 15 is 0 Å². The summed E-state index contributed by atoms with van der Waals surface area (Å²) in [5.41, 5.74) is 1.03. The van der Waals surface area contributed by atoms with Crippen molar-refractivity contribution in [1.29, 1.82) is 0 Å². The van der Waals surface area contributed by atoms with Crippen molar-refractivity contribution in [2.24, 2.45) is 5.92 Å². The van der Waals surface area contributed by atoms with Gasteiger partial charge in [0, 0.05) is 23.7 Å². The van der Waals surface area contributed by atoms with Crippen molar-refractivity contribution in [2.45, 2.75) is 57.5 Å². The highest BCUT2D eigenvalue weighted by atomic mass is 16.5. The Morgan fingerprint density at radius 3 is 2.71 bits per heavy atom. The molecule has 1 aromatic rings. The van der Waals surface area contributed by atoms with Gasteiger partial charge in [-0.2, -0.15) is 0 Å². The van der Waals surface area contributed by atoms with Gasteiger partial charge in [-0.05, 0) is 51.1 Å².